The van der Waals surface area contributed by atoms with Gasteiger partial charge in [0.1, 0.15) is 18.1 Å². The molecule has 7 heteroatoms. The quantitative estimate of drug-likeness (QED) is 0.650. The third-order valence-corrected chi connectivity index (χ3v) is 2.69. The molecule has 0 unspecified atom stereocenters. The summed E-state index contributed by atoms with van der Waals surface area (Å²) in [5, 5.41) is 19.1. The Labute approximate surface area is 119 Å². The van der Waals surface area contributed by atoms with E-state index < -0.39 is 16.4 Å². The number of rotatable bonds is 2. The first-order valence-corrected chi connectivity index (χ1v) is 6.03. The van der Waals surface area contributed by atoms with Crippen molar-refractivity contribution in [1.29, 1.82) is 0 Å². The second-order valence-electron chi connectivity index (χ2n) is 3.73. The molecule has 0 amide bonds. The van der Waals surface area contributed by atoms with Crippen molar-refractivity contribution in [2.24, 2.45) is 0 Å². The van der Waals surface area contributed by atoms with E-state index in [0.717, 1.165) is 6.07 Å². The number of esters is 1. The van der Waals surface area contributed by atoms with E-state index in [1.54, 1.807) is 0 Å². The van der Waals surface area contributed by atoms with Crippen molar-refractivity contribution < 1.29 is 19.7 Å². The molecule has 1 aromatic rings. The number of hydrogen-bond acceptors (Lipinski definition) is 4. The van der Waals surface area contributed by atoms with Crippen LogP contribution in [0.25, 0.3) is 0 Å². The molecule has 0 saturated carbocycles. The number of alkyl halides is 3. The van der Waals surface area contributed by atoms with Crippen LogP contribution in [0.15, 0.2) is 6.07 Å². The molecule has 0 radical (unpaired) electrons. The van der Waals surface area contributed by atoms with Crippen LogP contribution in [-0.2, 0) is 4.74 Å². The first kappa shape index (κ1) is 15.2. The second kappa shape index (κ2) is 5.43. The summed E-state index contributed by atoms with van der Waals surface area (Å²) in [6.45, 7) is 2.62. The highest BCUT2D eigenvalue weighted by atomic mass is 35.6. The number of benzene rings is 1. The van der Waals surface area contributed by atoms with Gasteiger partial charge in [-0.3, -0.25) is 0 Å². The van der Waals surface area contributed by atoms with Crippen LogP contribution in [0.1, 0.15) is 21.5 Å². The van der Waals surface area contributed by atoms with Crippen LogP contribution < -0.4 is 0 Å². The molecule has 0 aliphatic carbocycles. The summed E-state index contributed by atoms with van der Waals surface area (Å²) in [4.78, 5) is 11.8. The molecule has 0 aliphatic heterocycles. The summed E-state index contributed by atoms with van der Waals surface area (Å²) in [6, 6.07) is 1.15. The Kier molecular flexibility index (Phi) is 4.59. The Balaban J connectivity index is 3.06. The molecule has 0 fully saturated rings. The van der Waals surface area contributed by atoms with E-state index in [9.17, 15) is 15.0 Å². The molecule has 100 valence electrons. The normalized spacial score (nSPS) is 11.4. The van der Waals surface area contributed by atoms with Crippen molar-refractivity contribution in [3.8, 4) is 11.5 Å². The molecule has 18 heavy (non-hydrogen) atoms. The summed E-state index contributed by atoms with van der Waals surface area (Å²) in [5.74, 6) is -1.19. The van der Waals surface area contributed by atoms with Crippen LogP contribution in [0.3, 0.4) is 0 Å². The maximum atomic E-state index is 11.8. The van der Waals surface area contributed by atoms with E-state index in [2.05, 4.69) is 0 Å². The Hall–Kier alpha value is -0.840. The van der Waals surface area contributed by atoms with Crippen LogP contribution in [0.5, 0.6) is 11.5 Å². The molecule has 1 rings (SSSR count). The fourth-order valence-corrected chi connectivity index (χ4v) is 1.57. The summed E-state index contributed by atoms with van der Waals surface area (Å²) >= 11 is 16.4. The summed E-state index contributed by atoms with van der Waals surface area (Å²) in [7, 11) is 0. The third kappa shape index (κ3) is 3.57. The Morgan fingerprint density at radius 2 is 1.67 bits per heavy atom. The van der Waals surface area contributed by atoms with Gasteiger partial charge in [0.05, 0.1) is 5.56 Å². The molecule has 0 saturated heterocycles. The average Bonchev–Trinajstić information content (AvgIpc) is 2.23. The highest BCUT2D eigenvalue weighted by molar-refractivity contribution is 6.67. The molecule has 0 bridgehead atoms. The standard InChI is InChI=1S/C11H11Cl3O4/c1-5-7(15)3-8(16)6(2)9(5)10(17)18-4-11(12,13)14/h3,15-16H,4H2,1-2H3. The van der Waals surface area contributed by atoms with Gasteiger partial charge in [-0.15, -0.1) is 0 Å². The number of phenols is 2. The molecule has 0 spiro atoms. The first-order valence-electron chi connectivity index (χ1n) is 4.89. The zero-order chi connectivity index (χ0) is 14.1. The van der Waals surface area contributed by atoms with Gasteiger partial charge in [0.25, 0.3) is 0 Å². The van der Waals surface area contributed by atoms with Gasteiger partial charge in [-0.2, -0.15) is 0 Å². The van der Waals surface area contributed by atoms with Crippen molar-refractivity contribution in [3.63, 3.8) is 0 Å². The lowest BCUT2D eigenvalue weighted by molar-refractivity contribution is 0.0509. The monoisotopic (exact) mass is 312 g/mol. The van der Waals surface area contributed by atoms with E-state index in [1.165, 1.54) is 13.8 Å². The molecule has 2 N–H and O–H groups in total. The third-order valence-electron chi connectivity index (χ3n) is 2.36. The van der Waals surface area contributed by atoms with Gasteiger partial charge in [-0.05, 0) is 13.8 Å². The van der Waals surface area contributed by atoms with Gasteiger partial charge < -0.3 is 14.9 Å². The van der Waals surface area contributed by atoms with E-state index in [0.29, 0.717) is 11.1 Å². The Morgan fingerprint density at radius 1 is 1.22 bits per heavy atom. The first-order chi connectivity index (χ1) is 8.13. The van der Waals surface area contributed by atoms with Crippen molar-refractivity contribution in [1.82, 2.24) is 0 Å². The summed E-state index contributed by atoms with van der Waals surface area (Å²) in [6.07, 6.45) is 0. The predicted molar refractivity (Wildman–Crippen MR) is 69.8 cm³/mol. The molecule has 0 aliphatic rings. The van der Waals surface area contributed by atoms with Crippen LogP contribution in [0.2, 0.25) is 0 Å². The maximum Gasteiger partial charge on any atom is 0.339 e. The minimum absolute atomic E-state index is 0.0572. The van der Waals surface area contributed by atoms with E-state index >= 15 is 0 Å². The largest absolute Gasteiger partial charge is 0.508 e. The summed E-state index contributed by atoms with van der Waals surface area (Å²) < 4.78 is 3.10. The highest BCUT2D eigenvalue weighted by Gasteiger charge is 2.25. The number of carbonyl (C=O) groups excluding carboxylic acids is 1. The number of phenolic OH excluding ortho intramolecular Hbond substituents is 2. The highest BCUT2D eigenvalue weighted by Crippen LogP contribution is 2.32. The fraction of sp³-hybridized carbons (Fsp3) is 0.364. The van der Waals surface area contributed by atoms with Gasteiger partial charge in [0.2, 0.25) is 3.79 Å². The van der Waals surface area contributed by atoms with E-state index in [1.807, 2.05) is 0 Å². The molecule has 0 atom stereocenters. The zero-order valence-corrected chi connectivity index (χ0v) is 11.9. The van der Waals surface area contributed by atoms with Gasteiger partial charge in [-0.1, -0.05) is 34.8 Å². The van der Waals surface area contributed by atoms with Crippen LogP contribution >= 0.6 is 34.8 Å². The smallest absolute Gasteiger partial charge is 0.339 e. The lowest BCUT2D eigenvalue weighted by Crippen LogP contribution is -2.18. The van der Waals surface area contributed by atoms with Gasteiger partial charge in [0.15, 0.2) is 0 Å². The number of ether oxygens (including phenoxy) is 1. The molecule has 1 aromatic carbocycles. The van der Waals surface area contributed by atoms with Crippen LogP contribution in [-0.4, -0.2) is 26.6 Å². The minimum atomic E-state index is -1.71. The maximum absolute atomic E-state index is 11.8. The lowest BCUT2D eigenvalue weighted by atomic mass is 10.0. The van der Waals surface area contributed by atoms with E-state index in [-0.39, 0.29) is 17.1 Å². The van der Waals surface area contributed by atoms with Gasteiger partial charge in [0, 0.05) is 17.2 Å². The van der Waals surface area contributed by atoms with Crippen molar-refractivity contribution in [2.75, 3.05) is 6.61 Å². The number of halogens is 3. The second-order valence-corrected chi connectivity index (χ2v) is 6.25. The van der Waals surface area contributed by atoms with Crippen molar-refractivity contribution in [3.05, 3.63) is 22.8 Å². The molecule has 4 nitrogen and oxygen atoms in total. The molecular weight excluding hydrogens is 302 g/mol. The Morgan fingerprint density at radius 3 is 2.06 bits per heavy atom. The SMILES string of the molecule is Cc1c(O)cc(O)c(C)c1C(=O)OCC(Cl)(Cl)Cl. The molecular formula is C11H11Cl3O4. The molecule has 0 aromatic heterocycles. The fourth-order valence-electron chi connectivity index (χ4n) is 1.41. The minimum Gasteiger partial charge on any atom is -0.508 e. The zero-order valence-electron chi connectivity index (χ0n) is 9.63. The summed E-state index contributed by atoms with van der Waals surface area (Å²) in [5.41, 5.74) is 0.640. The number of hydrogen-bond donors (Lipinski definition) is 2. The Bertz CT molecular complexity index is 454. The van der Waals surface area contributed by atoms with Crippen molar-refractivity contribution >= 4 is 40.8 Å². The molecule has 0 heterocycles. The van der Waals surface area contributed by atoms with Gasteiger partial charge in [-0.25, -0.2) is 4.79 Å². The number of carbonyl (C=O) groups is 1. The predicted octanol–water partition coefficient (Wildman–Crippen LogP) is 3.24. The lowest BCUT2D eigenvalue weighted by Gasteiger charge is -2.15. The van der Waals surface area contributed by atoms with E-state index in [4.69, 9.17) is 39.5 Å². The topological polar surface area (TPSA) is 66.8 Å². The van der Waals surface area contributed by atoms with Crippen LogP contribution in [0.4, 0.5) is 0 Å². The number of aromatic hydroxyl groups is 2. The van der Waals surface area contributed by atoms with Gasteiger partial charge >= 0.3 is 5.97 Å². The van der Waals surface area contributed by atoms with Crippen molar-refractivity contribution in [2.45, 2.75) is 17.6 Å². The van der Waals surface area contributed by atoms with Crippen LogP contribution in [0, 0.1) is 13.8 Å². The average molecular weight is 314 g/mol.